The van der Waals surface area contributed by atoms with Crippen LogP contribution in [0.1, 0.15) is 24.3 Å². The predicted octanol–water partition coefficient (Wildman–Crippen LogP) is 3.24. The van der Waals surface area contributed by atoms with Gasteiger partial charge in [0.15, 0.2) is 5.16 Å². The lowest BCUT2D eigenvalue weighted by Crippen LogP contribution is -2.31. The van der Waals surface area contributed by atoms with Gasteiger partial charge in [0.2, 0.25) is 0 Å². The SMILES string of the molecule is CSc1nc(NCCN(C)C)c2c3c(sc2n1)COC(C)(C)C3. The van der Waals surface area contributed by atoms with Crippen molar-refractivity contribution in [2.75, 3.05) is 38.8 Å². The van der Waals surface area contributed by atoms with E-state index < -0.39 is 0 Å². The minimum Gasteiger partial charge on any atom is -0.370 e. The van der Waals surface area contributed by atoms with Crippen LogP contribution in [0.3, 0.4) is 0 Å². The zero-order valence-corrected chi connectivity index (χ0v) is 16.0. The van der Waals surface area contributed by atoms with Crippen LogP contribution in [0.25, 0.3) is 10.2 Å². The number of nitrogens with zero attached hydrogens (tertiary/aromatic N) is 3. The molecule has 0 bridgehead atoms. The molecule has 0 saturated carbocycles. The fraction of sp³-hybridized carbons (Fsp3) is 0.625. The first kappa shape index (κ1) is 17.0. The van der Waals surface area contributed by atoms with Gasteiger partial charge in [0, 0.05) is 24.4 Å². The molecule has 0 saturated heterocycles. The third-order valence-corrected chi connectivity index (χ3v) is 5.59. The molecule has 2 aromatic heterocycles. The molecule has 1 aliphatic heterocycles. The van der Waals surface area contributed by atoms with E-state index in [0.717, 1.165) is 35.3 Å². The smallest absolute Gasteiger partial charge is 0.190 e. The van der Waals surface area contributed by atoms with Gasteiger partial charge < -0.3 is 15.0 Å². The lowest BCUT2D eigenvalue weighted by Gasteiger charge is -2.30. The molecular formula is C16H24N4OS2. The number of thioether (sulfide) groups is 1. The van der Waals surface area contributed by atoms with Crippen molar-refractivity contribution in [1.82, 2.24) is 14.9 Å². The maximum atomic E-state index is 5.96. The van der Waals surface area contributed by atoms with Crippen LogP contribution in [0.5, 0.6) is 0 Å². The quantitative estimate of drug-likeness (QED) is 0.658. The third-order valence-electron chi connectivity index (χ3n) is 3.94. The molecule has 7 heteroatoms. The minimum atomic E-state index is -0.125. The van der Waals surface area contributed by atoms with Gasteiger partial charge in [-0.25, -0.2) is 9.97 Å². The Morgan fingerprint density at radius 1 is 1.35 bits per heavy atom. The first-order valence-corrected chi connectivity index (χ1v) is 9.82. The normalized spacial score (nSPS) is 16.8. The molecule has 0 radical (unpaired) electrons. The summed E-state index contributed by atoms with van der Waals surface area (Å²) in [5, 5.41) is 5.53. The average Bonchev–Trinajstić information content (AvgIpc) is 2.83. The van der Waals surface area contributed by atoms with Crippen LogP contribution < -0.4 is 5.32 Å². The van der Waals surface area contributed by atoms with Crippen molar-refractivity contribution in [2.24, 2.45) is 0 Å². The third kappa shape index (κ3) is 3.63. The van der Waals surface area contributed by atoms with E-state index in [9.17, 15) is 0 Å². The van der Waals surface area contributed by atoms with Gasteiger partial charge in [-0.3, -0.25) is 0 Å². The Labute approximate surface area is 145 Å². The van der Waals surface area contributed by atoms with Gasteiger partial charge in [-0.15, -0.1) is 11.3 Å². The molecule has 3 heterocycles. The summed E-state index contributed by atoms with van der Waals surface area (Å²) in [6.45, 7) is 6.82. The van der Waals surface area contributed by atoms with Gasteiger partial charge >= 0.3 is 0 Å². The predicted molar refractivity (Wildman–Crippen MR) is 98.8 cm³/mol. The molecule has 1 N–H and O–H groups in total. The molecule has 1 aliphatic rings. The molecule has 0 unspecified atom stereocenters. The van der Waals surface area contributed by atoms with E-state index in [-0.39, 0.29) is 5.60 Å². The number of likely N-dealkylation sites (N-methyl/N-ethyl adjacent to an activating group) is 1. The van der Waals surface area contributed by atoms with Crippen LogP contribution in [0, 0.1) is 0 Å². The summed E-state index contributed by atoms with van der Waals surface area (Å²) < 4.78 is 5.96. The van der Waals surface area contributed by atoms with Gasteiger partial charge in [-0.05, 0) is 39.8 Å². The van der Waals surface area contributed by atoms with Crippen molar-refractivity contribution in [3.8, 4) is 0 Å². The van der Waals surface area contributed by atoms with Crippen LogP contribution >= 0.6 is 23.1 Å². The molecule has 5 nitrogen and oxygen atoms in total. The number of ether oxygens (including phenoxy) is 1. The zero-order chi connectivity index (χ0) is 16.6. The van der Waals surface area contributed by atoms with E-state index in [1.807, 2.05) is 6.26 Å². The van der Waals surface area contributed by atoms with Crippen LogP contribution in [0.15, 0.2) is 5.16 Å². The highest BCUT2D eigenvalue weighted by molar-refractivity contribution is 7.98. The van der Waals surface area contributed by atoms with E-state index in [2.05, 4.69) is 38.2 Å². The molecule has 126 valence electrons. The van der Waals surface area contributed by atoms with Gasteiger partial charge in [-0.1, -0.05) is 11.8 Å². The number of hydrogen-bond donors (Lipinski definition) is 1. The van der Waals surface area contributed by atoms with Crippen molar-refractivity contribution in [2.45, 2.75) is 37.6 Å². The summed E-state index contributed by atoms with van der Waals surface area (Å²) in [6.07, 6.45) is 2.93. The number of fused-ring (bicyclic) bond motifs is 3. The summed E-state index contributed by atoms with van der Waals surface area (Å²) in [4.78, 5) is 14.0. The van der Waals surface area contributed by atoms with Crippen molar-refractivity contribution < 1.29 is 4.74 Å². The Bertz CT molecular complexity index is 712. The van der Waals surface area contributed by atoms with E-state index in [0.29, 0.717) is 6.61 Å². The van der Waals surface area contributed by atoms with Gasteiger partial charge in [0.1, 0.15) is 10.6 Å². The van der Waals surface area contributed by atoms with Crippen LogP contribution in [-0.2, 0) is 17.8 Å². The standard InChI is InChI=1S/C16H24N4OS2/c1-16(2)8-10-11(9-21-16)23-14-12(10)13(17-6-7-20(3)4)18-15(19-14)22-5/h6-9H2,1-5H3,(H,17,18,19). The number of hydrogen-bond acceptors (Lipinski definition) is 7. The summed E-state index contributed by atoms with van der Waals surface area (Å²) in [5.74, 6) is 0.969. The monoisotopic (exact) mass is 352 g/mol. The maximum absolute atomic E-state index is 5.96. The topological polar surface area (TPSA) is 50.3 Å². The largest absolute Gasteiger partial charge is 0.370 e. The number of thiophene rings is 1. The second-order valence-electron chi connectivity index (χ2n) is 6.70. The molecule has 0 amide bonds. The van der Waals surface area contributed by atoms with Gasteiger partial charge in [0.25, 0.3) is 0 Å². The van der Waals surface area contributed by atoms with E-state index >= 15 is 0 Å². The highest BCUT2D eigenvalue weighted by atomic mass is 32.2. The molecular weight excluding hydrogens is 328 g/mol. The van der Waals surface area contributed by atoms with Gasteiger partial charge in [0.05, 0.1) is 17.6 Å². The Morgan fingerprint density at radius 2 is 2.13 bits per heavy atom. The number of aromatic nitrogens is 2. The summed E-state index contributed by atoms with van der Waals surface area (Å²) >= 11 is 3.33. The molecule has 0 atom stereocenters. The highest BCUT2D eigenvalue weighted by Crippen LogP contribution is 2.41. The van der Waals surface area contributed by atoms with E-state index in [1.54, 1.807) is 23.1 Å². The summed E-state index contributed by atoms with van der Waals surface area (Å²) in [7, 11) is 4.16. The Balaban J connectivity index is 2.03. The van der Waals surface area contributed by atoms with Crippen LogP contribution in [-0.4, -0.2) is 53.9 Å². The molecule has 0 fully saturated rings. The van der Waals surface area contributed by atoms with E-state index in [4.69, 9.17) is 14.7 Å². The molecule has 2 aromatic rings. The lowest BCUT2D eigenvalue weighted by atomic mass is 9.94. The first-order valence-electron chi connectivity index (χ1n) is 7.78. The maximum Gasteiger partial charge on any atom is 0.190 e. The van der Waals surface area contributed by atoms with Gasteiger partial charge in [-0.2, -0.15) is 0 Å². The lowest BCUT2D eigenvalue weighted by molar-refractivity contribution is -0.0379. The van der Waals surface area contributed by atoms with Crippen LogP contribution in [0.4, 0.5) is 5.82 Å². The van der Waals surface area contributed by atoms with Crippen molar-refractivity contribution in [1.29, 1.82) is 0 Å². The average molecular weight is 353 g/mol. The molecule has 3 rings (SSSR count). The fourth-order valence-electron chi connectivity index (χ4n) is 2.74. The Hall–Kier alpha value is -0.890. The second kappa shape index (κ2) is 6.55. The molecule has 0 aromatic carbocycles. The number of anilines is 1. The summed E-state index contributed by atoms with van der Waals surface area (Å²) in [5.41, 5.74) is 1.24. The molecule has 23 heavy (non-hydrogen) atoms. The Kier molecular flexibility index (Phi) is 4.83. The van der Waals surface area contributed by atoms with Crippen molar-refractivity contribution >= 4 is 39.1 Å². The van der Waals surface area contributed by atoms with Crippen molar-refractivity contribution in [3.63, 3.8) is 0 Å². The second-order valence-corrected chi connectivity index (χ2v) is 8.56. The van der Waals surface area contributed by atoms with E-state index in [1.165, 1.54) is 15.8 Å². The van der Waals surface area contributed by atoms with Crippen molar-refractivity contribution in [3.05, 3.63) is 10.4 Å². The zero-order valence-electron chi connectivity index (χ0n) is 14.4. The van der Waals surface area contributed by atoms with Crippen LogP contribution in [0.2, 0.25) is 0 Å². The molecule has 0 aliphatic carbocycles. The summed E-state index contributed by atoms with van der Waals surface area (Å²) in [6, 6.07) is 0. The molecule has 0 spiro atoms. The number of nitrogens with one attached hydrogen (secondary N) is 1. The first-order chi connectivity index (χ1) is 10.9. The fourth-order valence-corrected chi connectivity index (χ4v) is 4.27. The minimum absolute atomic E-state index is 0.125. The number of rotatable bonds is 5. The Morgan fingerprint density at radius 3 is 2.83 bits per heavy atom. The highest BCUT2D eigenvalue weighted by Gasteiger charge is 2.30.